The highest BCUT2D eigenvalue weighted by Gasteiger charge is 2.17. The molecule has 6 nitrogen and oxygen atoms in total. The van der Waals surface area contributed by atoms with Crippen LogP contribution in [0.2, 0.25) is 0 Å². The number of benzene rings is 1. The Kier molecular flexibility index (Phi) is 6.20. The first-order valence-corrected chi connectivity index (χ1v) is 8.45. The fourth-order valence-electron chi connectivity index (χ4n) is 1.80. The Balaban J connectivity index is 1.86. The zero-order valence-corrected chi connectivity index (χ0v) is 14.6. The van der Waals surface area contributed by atoms with Crippen LogP contribution in [0.3, 0.4) is 0 Å². The molecule has 2 amide bonds. The Labute approximate surface area is 145 Å². The van der Waals surface area contributed by atoms with Crippen LogP contribution in [-0.2, 0) is 9.59 Å². The topological polar surface area (TPSA) is 84.0 Å². The van der Waals surface area contributed by atoms with Gasteiger partial charge in [-0.05, 0) is 18.6 Å². The Morgan fingerprint density at radius 1 is 1.12 bits per heavy atom. The second kappa shape index (κ2) is 8.35. The molecule has 126 valence electrons. The van der Waals surface area contributed by atoms with E-state index < -0.39 is 6.04 Å². The van der Waals surface area contributed by atoms with Gasteiger partial charge in [-0.15, -0.1) is 10.2 Å². The molecule has 2 rings (SSSR count). The lowest BCUT2D eigenvalue weighted by molar-refractivity contribution is -0.123. The number of amides is 2. The number of aromatic nitrogens is 2. The van der Waals surface area contributed by atoms with Gasteiger partial charge in [0.1, 0.15) is 11.0 Å². The summed E-state index contributed by atoms with van der Waals surface area (Å²) in [6.45, 7) is 5.63. The van der Waals surface area contributed by atoms with E-state index in [0.717, 1.165) is 10.6 Å². The molecule has 0 spiro atoms. The summed E-state index contributed by atoms with van der Waals surface area (Å²) in [5.74, 6) is -0.405. The van der Waals surface area contributed by atoms with E-state index in [-0.39, 0.29) is 17.7 Å². The van der Waals surface area contributed by atoms with Gasteiger partial charge in [0.2, 0.25) is 16.9 Å². The van der Waals surface area contributed by atoms with Crippen molar-refractivity contribution in [2.24, 2.45) is 0 Å². The van der Waals surface area contributed by atoms with Gasteiger partial charge in [0.05, 0.1) is 0 Å². The summed E-state index contributed by atoms with van der Waals surface area (Å²) in [6, 6.07) is 8.79. The molecular formula is C17H20N4O2S. The summed E-state index contributed by atoms with van der Waals surface area (Å²) in [5, 5.41) is 14.5. The summed E-state index contributed by atoms with van der Waals surface area (Å²) in [7, 11) is 0. The molecule has 0 aliphatic rings. The van der Waals surface area contributed by atoms with Gasteiger partial charge < -0.3 is 5.32 Å². The van der Waals surface area contributed by atoms with Crippen molar-refractivity contribution < 1.29 is 9.59 Å². The van der Waals surface area contributed by atoms with Crippen molar-refractivity contribution in [1.82, 2.24) is 15.5 Å². The Morgan fingerprint density at radius 2 is 1.83 bits per heavy atom. The van der Waals surface area contributed by atoms with E-state index in [1.807, 2.05) is 44.2 Å². The van der Waals surface area contributed by atoms with E-state index in [2.05, 4.69) is 20.8 Å². The summed E-state index contributed by atoms with van der Waals surface area (Å²) in [4.78, 5) is 24.0. The molecule has 0 saturated heterocycles. The number of nitrogens with one attached hydrogen (secondary N) is 2. The molecule has 0 saturated carbocycles. The molecule has 1 atom stereocenters. The van der Waals surface area contributed by atoms with Crippen molar-refractivity contribution in [1.29, 1.82) is 0 Å². The molecule has 0 aliphatic heterocycles. The van der Waals surface area contributed by atoms with E-state index in [1.54, 1.807) is 13.0 Å². The van der Waals surface area contributed by atoms with Crippen molar-refractivity contribution in [3.05, 3.63) is 47.0 Å². The van der Waals surface area contributed by atoms with E-state index in [4.69, 9.17) is 0 Å². The van der Waals surface area contributed by atoms with Crippen LogP contribution in [0.5, 0.6) is 0 Å². The van der Waals surface area contributed by atoms with Crippen LogP contribution in [0.1, 0.15) is 37.3 Å². The molecule has 1 aromatic heterocycles. The number of hydrogen-bond acceptors (Lipinski definition) is 5. The monoisotopic (exact) mass is 344 g/mol. The van der Waals surface area contributed by atoms with Gasteiger partial charge >= 0.3 is 0 Å². The number of rotatable bonds is 6. The molecule has 2 N–H and O–H groups in total. The number of hydrogen-bond donors (Lipinski definition) is 2. The van der Waals surface area contributed by atoms with Gasteiger partial charge in [0.15, 0.2) is 0 Å². The number of nitrogens with zero attached hydrogens (tertiary/aromatic N) is 2. The second-order valence-corrected chi connectivity index (χ2v) is 6.57. The lowest BCUT2D eigenvalue weighted by atomic mass is 10.2. The lowest BCUT2D eigenvalue weighted by Gasteiger charge is -2.11. The average Bonchev–Trinajstić information content (AvgIpc) is 3.02. The molecule has 0 fully saturated rings. The second-order valence-electron chi connectivity index (χ2n) is 5.56. The zero-order valence-electron chi connectivity index (χ0n) is 13.8. The third kappa shape index (κ3) is 5.27. The largest absolute Gasteiger partial charge is 0.341 e. The number of carbonyl (C=O) groups is 2. The van der Waals surface area contributed by atoms with Crippen LogP contribution in [0, 0.1) is 0 Å². The minimum absolute atomic E-state index is 0.258. The van der Waals surface area contributed by atoms with Gasteiger partial charge in [-0.25, -0.2) is 0 Å². The van der Waals surface area contributed by atoms with E-state index >= 15 is 0 Å². The maximum Gasteiger partial charge on any atom is 0.248 e. The van der Waals surface area contributed by atoms with Crippen molar-refractivity contribution in [2.45, 2.75) is 32.7 Å². The molecule has 1 heterocycles. The maximum absolute atomic E-state index is 12.1. The van der Waals surface area contributed by atoms with Crippen molar-refractivity contribution in [3.63, 3.8) is 0 Å². The first kappa shape index (κ1) is 17.8. The van der Waals surface area contributed by atoms with Gasteiger partial charge in [-0.2, -0.15) is 0 Å². The fraction of sp³-hybridized carbons (Fsp3) is 0.294. The quantitative estimate of drug-likeness (QED) is 0.789. The average molecular weight is 344 g/mol. The fourth-order valence-corrected chi connectivity index (χ4v) is 2.54. The minimum Gasteiger partial charge on any atom is -0.341 e. The predicted molar refractivity (Wildman–Crippen MR) is 95.7 cm³/mol. The van der Waals surface area contributed by atoms with Crippen LogP contribution in [0.25, 0.3) is 6.08 Å². The smallest absolute Gasteiger partial charge is 0.248 e. The summed E-state index contributed by atoms with van der Waals surface area (Å²) in [6.07, 6.45) is 3.10. The molecule has 0 radical (unpaired) electrons. The van der Waals surface area contributed by atoms with E-state index in [0.29, 0.717) is 5.13 Å². The maximum atomic E-state index is 12.1. The molecular weight excluding hydrogens is 324 g/mol. The molecule has 1 unspecified atom stereocenters. The molecule has 7 heteroatoms. The van der Waals surface area contributed by atoms with Crippen LogP contribution >= 0.6 is 11.3 Å². The third-order valence-electron chi connectivity index (χ3n) is 3.14. The Hall–Kier alpha value is -2.54. The first-order chi connectivity index (χ1) is 11.5. The highest BCUT2D eigenvalue weighted by atomic mass is 32.1. The Bertz CT molecular complexity index is 725. The molecule has 2 aromatic rings. The zero-order chi connectivity index (χ0) is 17.5. The highest BCUT2D eigenvalue weighted by Crippen LogP contribution is 2.22. The molecule has 24 heavy (non-hydrogen) atoms. The lowest BCUT2D eigenvalue weighted by Crippen LogP contribution is -2.40. The van der Waals surface area contributed by atoms with Gasteiger partial charge in [0.25, 0.3) is 0 Å². The predicted octanol–water partition coefficient (Wildman–Crippen LogP) is 2.82. The highest BCUT2D eigenvalue weighted by molar-refractivity contribution is 7.15. The third-order valence-corrected chi connectivity index (χ3v) is 4.28. The van der Waals surface area contributed by atoms with Crippen molar-refractivity contribution >= 4 is 34.4 Å². The standard InChI is InChI=1S/C17H20N4O2S/c1-11(2)16-20-21-17(24-16)19-15(23)12(3)18-14(22)10-9-13-7-5-4-6-8-13/h4-12H,1-3H3,(H,18,22)(H,19,21,23). The Morgan fingerprint density at radius 3 is 2.46 bits per heavy atom. The summed E-state index contributed by atoms with van der Waals surface area (Å²) >= 11 is 1.33. The molecule has 0 aliphatic carbocycles. The van der Waals surface area contributed by atoms with Crippen molar-refractivity contribution in [2.75, 3.05) is 5.32 Å². The summed E-state index contributed by atoms with van der Waals surface area (Å²) in [5.41, 5.74) is 0.917. The van der Waals surface area contributed by atoms with Crippen LogP contribution in [0.15, 0.2) is 36.4 Å². The molecule has 1 aromatic carbocycles. The van der Waals surface area contributed by atoms with E-state index in [9.17, 15) is 9.59 Å². The first-order valence-electron chi connectivity index (χ1n) is 7.63. The SMILES string of the molecule is CC(NC(=O)C=Cc1ccccc1)C(=O)Nc1nnc(C(C)C)s1. The summed E-state index contributed by atoms with van der Waals surface area (Å²) < 4.78 is 0. The van der Waals surface area contributed by atoms with Crippen molar-refractivity contribution in [3.8, 4) is 0 Å². The van der Waals surface area contributed by atoms with Crippen LogP contribution in [-0.4, -0.2) is 28.1 Å². The van der Waals surface area contributed by atoms with Gasteiger partial charge in [0, 0.05) is 12.0 Å². The normalized spacial score (nSPS) is 12.3. The molecule has 0 bridgehead atoms. The van der Waals surface area contributed by atoms with Gasteiger partial charge in [-0.3, -0.25) is 14.9 Å². The van der Waals surface area contributed by atoms with Crippen LogP contribution < -0.4 is 10.6 Å². The van der Waals surface area contributed by atoms with Gasteiger partial charge in [-0.1, -0.05) is 55.5 Å². The minimum atomic E-state index is -0.677. The number of anilines is 1. The number of carbonyl (C=O) groups excluding carboxylic acids is 2. The van der Waals surface area contributed by atoms with Crippen LogP contribution in [0.4, 0.5) is 5.13 Å². The van der Waals surface area contributed by atoms with E-state index in [1.165, 1.54) is 17.4 Å².